The molecule has 3 aromatic rings. The first-order valence-electron chi connectivity index (χ1n) is 10.1. The van der Waals surface area contributed by atoms with Crippen LogP contribution >= 0.6 is 0 Å². The highest BCUT2D eigenvalue weighted by Gasteiger charge is 2.40. The summed E-state index contributed by atoms with van der Waals surface area (Å²) in [7, 11) is 1.63. The van der Waals surface area contributed by atoms with Crippen molar-refractivity contribution in [3.05, 3.63) is 107 Å². The Labute approximate surface area is 177 Å². The van der Waals surface area contributed by atoms with Gasteiger partial charge in [0.2, 0.25) is 0 Å². The quantitative estimate of drug-likeness (QED) is 0.627. The maximum atomic E-state index is 13.1. The molecule has 1 N–H and O–H groups in total. The number of hydrogen-bond donors (Lipinski definition) is 1. The van der Waals surface area contributed by atoms with E-state index in [1.807, 2.05) is 73.7 Å². The predicted octanol–water partition coefficient (Wildman–Crippen LogP) is 5.10. The first-order valence-corrected chi connectivity index (χ1v) is 10.1. The Kier molecular flexibility index (Phi) is 5.57. The molecule has 1 heterocycles. The van der Waals surface area contributed by atoms with Crippen molar-refractivity contribution in [2.75, 3.05) is 13.7 Å². The summed E-state index contributed by atoms with van der Waals surface area (Å²) in [5.41, 5.74) is 4.73. The van der Waals surface area contributed by atoms with Crippen LogP contribution in [0.4, 0.5) is 0 Å². The van der Waals surface area contributed by atoms with E-state index in [-0.39, 0.29) is 17.7 Å². The number of ether oxygens (including phenoxy) is 1. The average Bonchev–Trinajstić information content (AvgIpc) is 3.04. The first kappa shape index (κ1) is 19.8. The molecule has 0 saturated carbocycles. The van der Waals surface area contributed by atoms with E-state index < -0.39 is 0 Å². The number of nitrogens with zero attached hydrogens (tertiary/aromatic N) is 1. The summed E-state index contributed by atoms with van der Waals surface area (Å²) in [6.45, 7) is 2.53. The Balaban J connectivity index is 1.73. The van der Waals surface area contributed by atoms with Crippen LogP contribution in [-0.2, 0) is 11.2 Å². The van der Waals surface area contributed by atoms with Gasteiger partial charge in [0.05, 0.1) is 13.2 Å². The summed E-state index contributed by atoms with van der Waals surface area (Å²) in [6.07, 6.45) is 0.716. The minimum atomic E-state index is -0.352. The zero-order chi connectivity index (χ0) is 21.1. The Hall–Kier alpha value is -3.53. The molecule has 4 nitrogen and oxygen atoms in total. The smallest absolute Gasteiger partial charge is 0.289 e. The molecular formula is C26H25NO3. The summed E-state index contributed by atoms with van der Waals surface area (Å²) in [6, 6.07) is 25.3. The number of aliphatic hydroxyl groups excluding tert-OH is 1. The molecule has 0 aliphatic carbocycles. The fourth-order valence-corrected chi connectivity index (χ4v) is 3.94. The molecule has 1 amide bonds. The van der Waals surface area contributed by atoms with Crippen LogP contribution in [0.5, 0.6) is 5.75 Å². The zero-order valence-corrected chi connectivity index (χ0v) is 17.2. The molecule has 4 heteroatoms. The number of rotatable bonds is 6. The van der Waals surface area contributed by atoms with Crippen molar-refractivity contribution in [1.82, 2.24) is 4.90 Å². The minimum Gasteiger partial charge on any atom is -0.503 e. The molecule has 0 fully saturated rings. The van der Waals surface area contributed by atoms with E-state index in [0.717, 1.165) is 28.0 Å². The van der Waals surface area contributed by atoms with Crippen molar-refractivity contribution >= 4 is 11.5 Å². The topological polar surface area (TPSA) is 49.8 Å². The molecule has 1 atom stereocenters. The van der Waals surface area contributed by atoms with E-state index in [4.69, 9.17) is 4.74 Å². The molecule has 152 valence electrons. The van der Waals surface area contributed by atoms with E-state index in [2.05, 4.69) is 12.1 Å². The van der Waals surface area contributed by atoms with Gasteiger partial charge in [0.15, 0.2) is 5.76 Å². The fourth-order valence-electron chi connectivity index (χ4n) is 3.94. The highest BCUT2D eigenvalue weighted by Crippen LogP contribution is 2.43. The Morgan fingerprint density at radius 2 is 1.60 bits per heavy atom. The van der Waals surface area contributed by atoms with E-state index in [9.17, 15) is 9.90 Å². The Morgan fingerprint density at radius 3 is 2.23 bits per heavy atom. The predicted molar refractivity (Wildman–Crippen MR) is 118 cm³/mol. The third-order valence-corrected chi connectivity index (χ3v) is 5.58. The second-order valence-electron chi connectivity index (χ2n) is 7.54. The third kappa shape index (κ3) is 3.81. The molecule has 1 aliphatic heterocycles. The SMILES string of the molecule is COc1ccc([C@H]2C(c3ccc(C)cc3)=C(O)C(=O)N2CCc2ccccc2)cc1. The van der Waals surface area contributed by atoms with Crippen molar-refractivity contribution in [1.29, 1.82) is 0 Å². The van der Waals surface area contributed by atoms with E-state index >= 15 is 0 Å². The minimum absolute atomic E-state index is 0.173. The lowest BCUT2D eigenvalue weighted by molar-refractivity contribution is -0.129. The fraction of sp³-hybridized carbons (Fsp3) is 0.192. The molecule has 0 aromatic heterocycles. The Bertz CT molecular complexity index is 1050. The summed E-state index contributed by atoms with van der Waals surface area (Å²) in [5.74, 6) is 0.249. The zero-order valence-electron chi connectivity index (χ0n) is 17.2. The van der Waals surface area contributed by atoms with Crippen LogP contribution in [0.25, 0.3) is 5.57 Å². The summed E-state index contributed by atoms with van der Waals surface area (Å²) in [5, 5.41) is 10.8. The summed E-state index contributed by atoms with van der Waals surface area (Å²) in [4.78, 5) is 14.8. The van der Waals surface area contributed by atoms with Gasteiger partial charge in [-0.1, -0.05) is 72.3 Å². The molecule has 30 heavy (non-hydrogen) atoms. The molecular weight excluding hydrogens is 374 g/mol. The van der Waals surface area contributed by atoms with Crippen LogP contribution in [0.15, 0.2) is 84.6 Å². The van der Waals surface area contributed by atoms with Crippen LogP contribution in [0.1, 0.15) is 28.3 Å². The summed E-state index contributed by atoms with van der Waals surface area (Å²) < 4.78 is 5.29. The first-order chi connectivity index (χ1) is 14.6. The molecule has 0 unspecified atom stereocenters. The van der Waals surface area contributed by atoms with Crippen molar-refractivity contribution in [3.8, 4) is 5.75 Å². The number of carbonyl (C=O) groups is 1. The van der Waals surface area contributed by atoms with Crippen molar-refractivity contribution in [2.45, 2.75) is 19.4 Å². The molecule has 4 rings (SSSR count). The number of hydrogen-bond acceptors (Lipinski definition) is 3. The van der Waals surface area contributed by atoms with Crippen molar-refractivity contribution in [3.63, 3.8) is 0 Å². The van der Waals surface area contributed by atoms with Gasteiger partial charge in [-0.05, 0) is 42.2 Å². The van der Waals surface area contributed by atoms with Crippen LogP contribution in [-0.4, -0.2) is 29.6 Å². The molecule has 0 bridgehead atoms. The van der Waals surface area contributed by atoms with Gasteiger partial charge >= 0.3 is 0 Å². The monoisotopic (exact) mass is 399 g/mol. The lowest BCUT2D eigenvalue weighted by Crippen LogP contribution is -2.32. The van der Waals surface area contributed by atoms with E-state index in [1.54, 1.807) is 12.0 Å². The molecule has 1 aliphatic rings. The highest BCUT2D eigenvalue weighted by molar-refractivity contribution is 6.05. The van der Waals surface area contributed by atoms with Gasteiger partial charge in [0, 0.05) is 12.1 Å². The molecule has 3 aromatic carbocycles. The van der Waals surface area contributed by atoms with Gasteiger partial charge in [0.1, 0.15) is 5.75 Å². The lowest BCUT2D eigenvalue weighted by Gasteiger charge is -2.27. The largest absolute Gasteiger partial charge is 0.503 e. The number of aliphatic hydroxyl groups is 1. The number of carbonyl (C=O) groups excluding carboxylic acids is 1. The number of aryl methyl sites for hydroxylation is 1. The van der Waals surface area contributed by atoms with Crippen LogP contribution in [0.2, 0.25) is 0 Å². The number of methoxy groups -OCH3 is 1. The van der Waals surface area contributed by atoms with Gasteiger partial charge in [-0.2, -0.15) is 0 Å². The van der Waals surface area contributed by atoms with Gasteiger partial charge in [0.25, 0.3) is 5.91 Å². The standard InChI is InChI=1S/C26H25NO3/c1-18-8-10-20(11-9-18)23-24(21-12-14-22(30-2)15-13-21)27(26(29)25(23)28)17-16-19-6-4-3-5-7-19/h3-15,24,28H,16-17H2,1-2H3/t24-/m0/s1. The van der Waals surface area contributed by atoms with E-state index in [1.165, 1.54) is 0 Å². The number of amides is 1. The van der Waals surface area contributed by atoms with Crippen LogP contribution in [0, 0.1) is 6.92 Å². The van der Waals surface area contributed by atoms with Gasteiger partial charge in [-0.3, -0.25) is 4.79 Å². The Morgan fingerprint density at radius 1 is 0.933 bits per heavy atom. The molecule has 0 radical (unpaired) electrons. The van der Waals surface area contributed by atoms with Gasteiger partial charge in [-0.15, -0.1) is 0 Å². The second-order valence-corrected chi connectivity index (χ2v) is 7.54. The molecule has 0 spiro atoms. The van der Waals surface area contributed by atoms with Gasteiger partial charge < -0.3 is 14.7 Å². The highest BCUT2D eigenvalue weighted by atomic mass is 16.5. The molecule has 0 saturated heterocycles. The van der Waals surface area contributed by atoms with Crippen molar-refractivity contribution < 1.29 is 14.6 Å². The maximum absolute atomic E-state index is 13.1. The van der Waals surface area contributed by atoms with Crippen LogP contribution < -0.4 is 4.74 Å². The number of benzene rings is 3. The third-order valence-electron chi connectivity index (χ3n) is 5.58. The van der Waals surface area contributed by atoms with Crippen molar-refractivity contribution in [2.24, 2.45) is 0 Å². The lowest BCUT2D eigenvalue weighted by atomic mass is 9.93. The normalized spacial score (nSPS) is 16.3. The van der Waals surface area contributed by atoms with Crippen LogP contribution in [0.3, 0.4) is 0 Å². The second kappa shape index (κ2) is 8.46. The average molecular weight is 399 g/mol. The van der Waals surface area contributed by atoms with Gasteiger partial charge in [-0.25, -0.2) is 0 Å². The van der Waals surface area contributed by atoms with E-state index in [0.29, 0.717) is 18.5 Å². The summed E-state index contributed by atoms with van der Waals surface area (Å²) >= 11 is 0. The maximum Gasteiger partial charge on any atom is 0.289 e.